The van der Waals surface area contributed by atoms with Gasteiger partial charge in [-0.3, -0.25) is 9.69 Å². The van der Waals surface area contributed by atoms with E-state index in [4.69, 9.17) is 5.26 Å². The third kappa shape index (κ3) is 4.66. The number of nitrogens with zero attached hydrogens (tertiary/aromatic N) is 3. The molecule has 0 aromatic rings. The highest BCUT2D eigenvalue weighted by Crippen LogP contribution is 2.18. The summed E-state index contributed by atoms with van der Waals surface area (Å²) in [5.74, 6) is 0.144. The summed E-state index contributed by atoms with van der Waals surface area (Å²) in [6, 6.07) is 2.64. The Morgan fingerprint density at radius 2 is 2.22 bits per heavy atom. The van der Waals surface area contributed by atoms with Crippen molar-refractivity contribution in [3.8, 4) is 6.07 Å². The molecule has 1 fully saturated rings. The number of carbonyl (C=O) groups excluding carboxylic acids is 1. The molecule has 102 valence electrons. The summed E-state index contributed by atoms with van der Waals surface area (Å²) in [6.45, 7) is 4.30. The molecule has 1 saturated heterocycles. The Morgan fingerprint density at radius 3 is 2.89 bits per heavy atom. The van der Waals surface area contributed by atoms with E-state index in [2.05, 4.69) is 17.9 Å². The number of likely N-dealkylation sites (tertiary alicyclic amines) is 1. The summed E-state index contributed by atoms with van der Waals surface area (Å²) in [5, 5.41) is 8.54. The topological polar surface area (TPSA) is 47.3 Å². The zero-order valence-electron chi connectivity index (χ0n) is 11.7. The van der Waals surface area contributed by atoms with E-state index in [0.717, 1.165) is 13.0 Å². The van der Waals surface area contributed by atoms with Crippen molar-refractivity contribution in [3.63, 3.8) is 0 Å². The van der Waals surface area contributed by atoms with Crippen LogP contribution in [0.5, 0.6) is 0 Å². The average Bonchev–Trinajstić information content (AvgIpc) is 2.60. The summed E-state index contributed by atoms with van der Waals surface area (Å²) in [6.07, 6.45) is 6.52. The summed E-state index contributed by atoms with van der Waals surface area (Å²) >= 11 is 0. The van der Waals surface area contributed by atoms with Crippen molar-refractivity contribution in [3.05, 3.63) is 0 Å². The van der Waals surface area contributed by atoms with Gasteiger partial charge >= 0.3 is 0 Å². The second kappa shape index (κ2) is 8.10. The molecule has 0 spiro atoms. The molecule has 0 bridgehead atoms. The molecule has 18 heavy (non-hydrogen) atoms. The summed E-state index contributed by atoms with van der Waals surface area (Å²) in [7, 11) is 1.79. The van der Waals surface area contributed by atoms with Gasteiger partial charge in [-0.15, -0.1) is 0 Å². The number of hydrogen-bond acceptors (Lipinski definition) is 3. The van der Waals surface area contributed by atoms with Gasteiger partial charge in [-0.2, -0.15) is 5.26 Å². The van der Waals surface area contributed by atoms with E-state index >= 15 is 0 Å². The lowest BCUT2D eigenvalue weighted by Gasteiger charge is -2.30. The molecule has 0 aliphatic carbocycles. The monoisotopic (exact) mass is 251 g/mol. The first-order chi connectivity index (χ1) is 8.69. The molecule has 1 unspecified atom stereocenters. The fraction of sp³-hybridized carbons (Fsp3) is 0.857. The molecule has 1 amide bonds. The lowest BCUT2D eigenvalue weighted by atomic mass is 10.1. The second-order valence-corrected chi connectivity index (χ2v) is 5.11. The van der Waals surface area contributed by atoms with Crippen LogP contribution in [0.4, 0.5) is 0 Å². The first kappa shape index (κ1) is 15.0. The van der Waals surface area contributed by atoms with Crippen LogP contribution >= 0.6 is 0 Å². The maximum atomic E-state index is 12.1. The van der Waals surface area contributed by atoms with Crippen LogP contribution in [0.25, 0.3) is 0 Å². The van der Waals surface area contributed by atoms with Crippen LogP contribution in [-0.4, -0.2) is 48.4 Å². The van der Waals surface area contributed by atoms with Crippen molar-refractivity contribution in [2.75, 3.05) is 26.7 Å². The van der Waals surface area contributed by atoms with Crippen LogP contribution in [0.15, 0.2) is 0 Å². The third-order valence-corrected chi connectivity index (χ3v) is 3.79. The number of rotatable bonds is 5. The van der Waals surface area contributed by atoms with Gasteiger partial charge in [0.25, 0.3) is 0 Å². The van der Waals surface area contributed by atoms with Crippen molar-refractivity contribution in [2.45, 2.75) is 51.5 Å². The number of likely N-dealkylation sites (N-methyl/N-ethyl adjacent to an activating group) is 1. The first-order valence-corrected chi connectivity index (χ1v) is 7.04. The van der Waals surface area contributed by atoms with E-state index in [9.17, 15) is 4.79 Å². The molecular weight excluding hydrogens is 226 g/mol. The maximum absolute atomic E-state index is 12.1. The van der Waals surface area contributed by atoms with Gasteiger partial charge < -0.3 is 4.90 Å². The fourth-order valence-corrected chi connectivity index (χ4v) is 2.54. The van der Waals surface area contributed by atoms with Crippen molar-refractivity contribution in [2.24, 2.45) is 0 Å². The van der Waals surface area contributed by atoms with Crippen molar-refractivity contribution < 1.29 is 4.79 Å². The minimum absolute atomic E-state index is 0.144. The van der Waals surface area contributed by atoms with Crippen LogP contribution in [0.1, 0.15) is 45.4 Å². The van der Waals surface area contributed by atoms with Gasteiger partial charge in [0.1, 0.15) is 0 Å². The Balaban J connectivity index is 2.47. The summed E-state index contributed by atoms with van der Waals surface area (Å²) in [4.78, 5) is 16.1. The van der Waals surface area contributed by atoms with Crippen LogP contribution in [0.2, 0.25) is 0 Å². The van der Waals surface area contributed by atoms with E-state index in [0.29, 0.717) is 25.6 Å². The predicted molar refractivity (Wildman–Crippen MR) is 72.0 cm³/mol. The van der Waals surface area contributed by atoms with Crippen LogP contribution < -0.4 is 0 Å². The third-order valence-electron chi connectivity index (χ3n) is 3.79. The minimum Gasteiger partial charge on any atom is -0.344 e. The standard InChI is InChI=1S/C14H25N3O/c1-3-13-8-5-4-6-11-17(13)12-14(18)16(2)10-7-9-15/h13H,3-8,10-12H2,1-2H3. The van der Waals surface area contributed by atoms with E-state index in [1.165, 1.54) is 25.7 Å². The molecule has 1 heterocycles. The molecule has 0 aromatic heterocycles. The van der Waals surface area contributed by atoms with E-state index in [-0.39, 0.29) is 5.91 Å². The zero-order valence-corrected chi connectivity index (χ0v) is 11.7. The smallest absolute Gasteiger partial charge is 0.236 e. The largest absolute Gasteiger partial charge is 0.344 e. The lowest BCUT2D eigenvalue weighted by molar-refractivity contribution is -0.131. The van der Waals surface area contributed by atoms with Gasteiger partial charge in [-0.05, 0) is 25.8 Å². The maximum Gasteiger partial charge on any atom is 0.236 e. The Bertz CT molecular complexity index is 298. The predicted octanol–water partition coefficient (Wildman–Crippen LogP) is 2.01. The molecule has 0 aromatic carbocycles. The first-order valence-electron chi connectivity index (χ1n) is 7.04. The Morgan fingerprint density at radius 1 is 1.44 bits per heavy atom. The molecule has 1 atom stereocenters. The highest BCUT2D eigenvalue weighted by atomic mass is 16.2. The van der Waals surface area contributed by atoms with Crippen LogP contribution in [0, 0.1) is 11.3 Å². The lowest BCUT2D eigenvalue weighted by Crippen LogP contribution is -2.43. The second-order valence-electron chi connectivity index (χ2n) is 5.11. The normalized spacial score (nSPS) is 21.1. The van der Waals surface area contributed by atoms with Gasteiger partial charge in [0.15, 0.2) is 0 Å². The number of nitriles is 1. The Labute approximate surface area is 111 Å². The van der Waals surface area contributed by atoms with Gasteiger partial charge in [-0.25, -0.2) is 0 Å². The quantitative estimate of drug-likeness (QED) is 0.751. The zero-order chi connectivity index (χ0) is 13.4. The molecular formula is C14H25N3O. The highest BCUT2D eigenvalue weighted by Gasteiger charge is 2.22. The number of hydrogen-bond donors (Lipinski definition) is 0. The van der Waals surface area contributed by atoms with Crippen molar-refractivity contribution in [1.82, 2.24) is 9.80 Å². The molecule has 0 saturated carbocycles. The van der Waals surface area contributed by atoms with Gasteiger partial charge in [-0.1, -0.05) is 19.8 Å². The molecule has 1 aliphatic heterocycles. The van der Waals surface area contributed by atoms with Crippen LogP contribution in [-0.2, 0) is 4.79 Å². The van der Waals surface area contributed by atoms with E-state index in [1.807, 2.05) is 0 Å². The van der Waals surface area contributed by atoms with E-state index < -0.39 is 0 Å². The highest BCUT2D eigenvalue weighted by molar-refractivity contribution is 5.78. The number of amides is 1. The Kier molecular flexibility index (Phi) is 6.74. The van der Waals surface area contributed by atoms with Gasteiger partial charge in [0.2, 0.25) is 5.91 Å². The van der Waals surface area contributed by atoms with Crippen LogP contribution in [0.3, 0.4) is 0 Å². The van der Waals surface area contributed by atoms with Crippen molar-refractivity contribution in [1.29, 1.82) is 5.26 Å². The number of carbonyl (C=O) groups is 1. The minimum atomic E-state index is 0.144. The van der Waals surface area contributed by atoms with E-state index in [1.54, 1.807) is 11.9 Å². The molecule has 1 rings (SSSR count). The van der Waals surface area contributed by atoms with Crippen molar-refractivity contribution >= 4 is 5.91 Å². The molecule has 0 radical (unpaired) electrons. The molecule has 1 aliphatic rings. The fourth-order valence-electron chi connectivity index (χ4n) is 2.54. The molecule has 0 N–H and O–H groups in total. The summed E-state index contributed by atoms with van der Waals surface area (Å²) < 4.78 is 0. The molecule has 4 nitrogen and oxygen atoms in total. The van der Waals surface area contributed by atoms with Gasteiger partial charge in [0.05, 0.1) is 19.0 Å². The molecule has 4 heteroatoms. The average molecular weight is 251 g/mol. The summed E-state index contributed by atoms with van der Waals surface area (Å²) in [5.41, 5.74) is 0. The SMILES string of the molecule is CCC1CCCCCN1CC(=O)N(C)CCC#N. The van der Waals surface area contributed by atoms with Gasteiger partial charge in [0, 0.05) is 19.6 Å². The Hall–Kier alpha value is -1.08.